The normalized spacial score (nSPS) is 23.3. The van der Waals surface area contributed by atoms with Gasteiger partial charge in [-0.25, -0.2) is 0 Å². The van der Waals surface area contributed by atoms with Crippen LogP contribution in [0.15, 0.2) is 18.2 Å². The van der Waals surface area contributed by atoms with Crippen LogP contribution in [0.2, 0.25) is 10.0 Å². The van der Waals surface area contributed by atoms with Gasteiger partial charge in [-0.05, 0) is 94.6 Å². The number of nitrogens with zero attached hydrogens (tertiary/aromatic N) is 2. The number of likely N-dealkylation sites (tertiary alicyclic amines) is 1. The fraction of sp³-hybridized carbons (Fsp3) is 0.742. The first-order chi connectivity index (χ1) is 18.8. The molecular weight excluding hydrogens is 531 g/mol. The Balaban J connectivity index is 1.46. The molecule has 6 nitrogen and oxygen atoms in total. The molecule has 1 aromatic carbocycles. The molecule has 1 amide bonds. The van der Waals surface area contributed by atoms with Crippen molar-refractivity contribution in [1.29, 1.82) is 0 Å². The van der Waals surface area contributed by atoms with Crippen LogP contribution in [-0.4, -0.2) is 79.9 Å². The summed E-state index contributed by atoms with van der Waals surface area (Å²) in [6.45, 7) is 3.91. The van der Waals surface area contributed by atoms with E-state index in [9.17, 15) is 9.59 Å². The minimum atomic E-state index is -0.413. The summed E-state index contributed by atoms with van der Waals surface area (Å²) in [6.07, 6.45) is 12.9. The molecule has 2 atom stereocenters. The summed E-state index contributed by atoms with van der Waals surface area (Å²) in [5, 5.41) is 8.11. The predicted octanol–water partition coefficient (Wildman–Crippen LogP) is 5.66. The van der Waals surface area contributed by atoms with Crippen LogP contribution in [0.5, 0.6) is 0 Å². The monoisotopic (exact) mass is 578 g/mol. The number of piperidine rings is 2. The molecule has 0 radical (unpaired) electrons. The van der Waals surface area contributed by atoms with Crippen LogP contribution in [0, 0.1) is 5.92 Å². The average molecular weight is 580 g/mol. The first-order valence-electron chi connectivity index (χ1n) is 15.2. The van der Waals surface area contributed by atoms with Crippen LogP contribution in [0.1, 0.15) is 88.5 Å². The van der Waals surface area contributed by atoms with Crippen molar-refractivity contribution >= 4 is 34.9 Å². The van der Waals surface area contributed by atoms with Gasteiger partial charge in [0.05, 0.1) is 16.6 Å². The molecule has 2 unspecified atom stereocenters. The topological polar surface area (TPSA) is 64.7 Å². The molecular formula is C31H48Cl2N4O2. The third kappa shape index (κ3) is 7.77. The van der Waals surface area contributed by atoms with Gasteiger partial charge in [0, 0.05) is 32.6 Å². The Kier molecular flexibility index (Phi) is 11.5. The second-order valence-corrected chi connectivity index (χ2v) is 13.0. The first kappa shape index (κ1) is 30.8. The van der Waals surface area contributed by atoms with E-state index in [1.807, 2.05) is 26.2 Å². The first-order valence-corrected chi connectivity index (χ1v) is 15.9. The molecule has 2 N–H and O–H groups in total. The number of rotatable bonds is 11. The van der Waals surface area contributed by atoms with Crippen LogP contribution < -0.4 is 10.6 Å². The number of likely N-dealkylation sites (N-methyl/N-ethyl adjacent to an activating group) is 1. The van der Waals surface area contributed by atoms with Crippen LogP contribution in [0.3, 0.4) is 0 Å². The minimum absolute atomic E-state index is 0.219. The van der Waals surface area contributed by atoms with Gasteiger partial charge >= 0.3 is 0 Å². The van der Waals surface area contributed by atoms with Gasteiger partial charge in [-0.1, -0.05) is 55.0 Å². The van der Waals surface area contributed by atoms with Gasteiger partial charge in [-0.2, -0.15) is 0 Å². The van der Waals surface area contributed by atoms with Gasteiger partial charge in [0.1, 0.15) is 11.3 Å². The Hall–Kier alpha value is -1.18. The van der Waals surface area contributed by atoms with E-state index in [1.54, 1.807) is 4.90 Å². The summed E-state index contributed by atoms with van der Waals surface area (Å²) in [7, 11) is 3.79. The van der Waals surface area contributed by atoms with Crippen molar-refractivity contribution in [2.24, 2.45) is 5.92 Å². The number of ketones is 1. The maximum absolute atomic E-state index is 13.6. The van der Waals surface area contributed by atoms with E-state index in [1.165, 1.54) is 25.7 Å². The molecule has 1 aliphatic carbocycles. The van der Waals surface area contributed by atoms with E-state index in [2.05, 4.69) is 21.6 Å². The van der Waals surface area contributed by atoms with Crippen LogP contribution >= 0.6 is 23.2 Å². The Morgan fingerprint density at radius 2 is 1.77 bits per heavy atom. The van der Waals surface area contributed by atoms with Crippen molar-refractivity contribution in [3.8, 4) is 0 Å². The third-order valence-electron chi connectivity index (χ3n) is 9.43. The van der Waals surface area contributed by atoms with Gasteiger partial charge in [0.15, 0.2) is 0 Å². The van der Waals surface area contributed by atoms with Gasteiger partial charge in [-0.3, -0.25) is 14.5 Å². The fourth-order valence-electron chi connectivity index (χ4n) is 7.23. The quantitative estimate of drug-likeness (QED) is 0.354. The number of halogens is 2. The number of amides is 1. The zero-order chi connectivity index (χ0) is 27.8. The van der Waals surface area contributed by atoms with E-state index in [0.717, 1.165) is 83.1 Å². The highest BCUT2D eigenvalue weighted by molar-refractivity contribution is 6.42. The van der Waals surface area contributed by atoms with Crippen molar-refractivity contribution in [3.05, 3.63) is 33.8 Å². The minimum Gasteiger partial charge on any atom is -0.347 e. The highest BCUT2D eigenvalue weighted by atomic mass is 35.5. The maximum atomic E-state index is 13.6. The second-order valence-electron chi connectivity index (χ2n) is 12.2. The lowest BCUT2D eigenvalue weighted by Gasteiger charge is -2.51. The molecule has 0 spiro atoms. The molecule has 1 saturated carbocycles. The Morgan fingerprint density at radius 1 is 1.05 bits per heavy atom. The van der Waals surface area contributed by atoms with E-state index in [0.29, 0.717) is 28.4 Å². The molecule has 8 heteroatoms. The lowest BCUT2D eigenvalue weighted by molar-refractivity contribution is -0.148. The lowest BCUT2D eigenvalue weighted by atomic mass is 9.80. The van der Waals surface area contributed by atoms with E-state index in [4.69, 9.17) is 23.2 Å². The van der Waals surface area contributed by atoms with E-state index in [-0.39, 0.29) is 17.7 Å². The maximum Gasteiger partial charge on any atom is 0.242 e. The van der Waals surface area contributed by atoms with E-state index >= 15 is 0 Å². The zero-order valence-corrected chi connectivity index (χ0v) is 25.5. The highest BCUT2D eigenvalue weighted by Gasteiger charge is 2.48. The van der Waals surface area contributed by atoms with Crippen molar-refractivity contribution in [2.45, 2.75) is 94.5 Å². The molecule has 2 saturated heterocycles. The molecule has 0 bridgehead atoms. The summed E-state index contributed by atoms with van der Waals surface area (Å²) in [5.74, 6) is 1.05. The van der Waals surface area contributed by atoms with Crippen LogP contribution in [-0.2, 0) is 9.59 Å². The molecule has 2 aliphatic heterocycles. The largest absolute Gasteiger partial charge is 0.347 e. The molecule has 3 fully saturated rings. The molecule has 0 aromatic heterocycles. The Labute approximate surface area is 245 Å². The molecule has 3 aliphatic rings. The van der Waals surface area contributed by atoms with Crippen molar-refractivity contribution in [1.82, 2.24) is 20.4 Å². The summed E-state index contributed by atoms with van der Waals surface area (Å²) >= 11 is 12.7. The second kappa shape index (κ2) is 14.6. The zero-order valence-electron chi connectivity index (χ0n) is 24.0. The standard InChI is InChI=1S/C31H48Cl2N4O2/c1-36(2)30(39)31(15-17-34-18-16-31)37-19-7-6-10-26(37)13-11-25(24-12-14-27(32)28(33)20-24)21-35-22-29(38)23-8-4-3-5-9-23/h12,14,20,23,25-26,34-35H,3-11,13,15-19,21-22H2,1-2H3. The molecule has 4 rings (SSSR count). The SMILES string of the molecule is CN(C)C(=O)C1(N2CCCCC2CCC(CNCC(=O)C2CCCCC2)c2ccc(Cl)c(Cl)c2)CCNCC1. The van der Waals surface area contributed by atoms with Crippen molar-refractivity contribution < 1.29 is 9.59 Å². The van der Waals surface area contributed by atoms with Crippen LogP contribution in [0.4, 0.5) is 0 Å². The van der Waals surface area contributed by atoms with Gasteiger partial charge in [-0.15, -0.1) is 0 Å². The van der Waals surface area contributed by atoms with Crippen molar-refractivity contribution in [2.75, 3.05) is 46.8 Å². The summed E-state index contributed by atoms with van der Waals surface area (Å²) in [4.78, 5) is 30.8. The van der Waals surface area contributed by atoms with Crippen LogP contribution in [0.25, 0.3) is 0 Å². The van der Waals surface area contributed by atoms with Gasteiger partial charge < -0.3 is 15.5 Å². The number of carbonyl (C=O) groups is 2. The molecule has 2 heterocycles. The summed E-state index contributed by atoms with van der Waals surface area (Å²) in [5.41, 5.74) is 0.745. The summed E-state index contributed by atoms with van der Waals surface area (Å²) in [6, 6.07) is 6.31. The Morgan fingerprint density at radius 3 is 2.46 bits per heavy atom. The third-order valence-corrected chi connectivity index (χ3v) is 10.2. The van der Waals surface area contributed by atoms with E-state index < -0.39 is 5.54 Å². The van der Waals surface area contributed by atoms with Gasteiger partial charge in [0.2, 0.25) is 5.91 Å². The summed E-state index contributed by atoms with van der Waals surface area (Å²) < 4.78 is 0. The number of benzene rings is 1. The number of hydrogen-bond donors (Lipinski definition) is 2. The molecule has 39 heavy (non-hydrogen) atoms. The highest BCUT2D eigenvalue weighted by Crippen LogP contribution is 2.37. The number of hydrogen-bond acceptors (Lipinski definition) is 5. The van der Waals surface area contributed by atoms with Gasteiger partial charge in [0.25, 0.3) is 0 Å². The Bertz CT molecular complexity index is 960. The number of carbonyl (C=O) groups excluding carboxylic acids is 2. The predicted molar refractivity (Wildman–Crippen MR) is 161 cm³/mol. The number of Topliss-reactive ketones (excluding diaryl/α,β-unsaturated/α-hetero) is 1. The molecule has 218 valence electrons. The molecule has 1 aromatic rings. The smallest absolute Gasteiger partial charge is 0.242 e. The fourth-order valence-corrected chi connectivity index (χ4v) is 7.54. The lowest BCUT2D eigenvalue weighted by Crippen LogP contribution is -2.66. The average Bonchev–Trinajstić information content (AvgIpc) is 2.96. The van der Waals surface area contributed by atoms with Crippen molar-refractivity contribution in [3.63, 3.8) is 0 Å². The number of nitrogens with one attached hydrogen (secondary N) is 2.